The molecule has 1 N–H and O–H groups in total. The second-order valence-corrected chi connectivity index (χ2v) is 9.90. The molecule has 2 aromatic rings. The van der Waals surface area contributed by atoms with Crippen molar-refractivity contribution in [2.24, 2.45) is 21.4 Å². The van der Waals surface area contributed by atoms with Crippen LogP contribution in [0.4, 0.5) is 5.69 Å². The monoisotopic (exact) mass is 438 g/mol. The Labute approximate surface area is 187 Å². The van der Waals surface area contributed by atoms with Crippen molar-refractivity contribution in [3.05, 3.63) is 64.7 Å². The smallest absolute Gasteiger partial charge is 0.326 e. The highest BCUT2D eigenvalue weighted by Gasteiger charge is 2.71. The van der Waals surface area contributed by atoms with E-state index < -0.39 is 11.4 Å². The van der Waals surface area contributed by atoms with Crippen LogP contribution in [0.25, 0.3) is 0 Å². The van der Waals surface area contributed by atoms with E-state index in [0.717, 1.165) is 29.8 Å². The van der Waals surface area contributed by atoms with E-state index >= 15 is 0 Å². The van der Waals surface area contributed by atoms with Crippen molar-refractivity contribution in [1.29, 1.82) is 0 Å². The van der Waals surface area contributed by atoms with Gasteiger partial charge in [-0.25, -0.2) is 4.79 Å². The zero-order valence-corrected chi connectivity index (χ0v) is 19.0. The van der Waals surface area contributed by atoms with E-state index in [4.69, 9.17) is 16.4 Å². The van der Waals surface area contributed by atoms with Crippen molar-refractivity contribution in [1.82, 2.24) is 0 Å². The number of nitrogens with one attached hydrogen (secondary N) is 1. The summed E-state index contributed by atoms with van der Waals surface area (Å²) in [4.78, 5) is 31.2. The molecule has 2 aromatic carbocycles. The van der Waals surface area contributed by atoms with Gasteiger partial charge in [0, 0.05) is 22.5 Å². The van der Waals surface area contributed by atoms with Crippen molar-refractivity contribution < 1.29 is 14.4 Å². The Balaban J connectivity index is 1.58. The number of fused-ring (bicyclic) bond motifs is 2. The zero-order chi connectivity index (χ0) is 22.4. The minimum absolute atomic E-state index is 0.000975. The number of halogens is 1. The van der Waals surface area contributed by atoms with E-state index in [1.165, 1.54) is 0 Å². The number of rotatable bonds is 4. The molecule has 0 aromatic heterocycles. The molecule has 2 fully saturated rings. The lowest BCUT2D eigenvalue weighted by atomic mass is 9.64. The van der Waals surface area contributed by atoms with Crippen LogP contribution in [0.1, 0.15) is 56.0 Å². The third-order valence-electron chi connectivity index (χ3n) is 7.76. The maximum absolute atomic E-state index is 13.5. The average molecular weight is 439 g/mol. The summed E-state index contributed by atoms with van der Waals surface area (Å²) in [6.45, 7) is 8.37. The quantitative estimate of drug-likeness (QED) is 0.469. The summed E-state index contributed by atoms with van der Waals surface area (Å²) in [5.41, 5.74) is 1.78. The summed E-state index contributed by atoms with van der Waals surface area (Å²) in [7, 11) is 0. The van der Waals surface area contributed by atoms with Gasteiger partial charge in [0.15, 0.2) is 0 Å². The van der Waals surface area contributed by atoms with Gasteiger partial charge < -0.3 is 10.2 Å². The third kappa shape index (κ3) is 3.35. The Morgan fingerprint density at radius 1 is 1.06 bits per heavy atom. The van der Waals surface area contributed by atoms with Gasteiger partial charge in [-0.3, -0.25) is 4.79 Å². The van der Waals surface area contributed by atoms with Gasteiger partial charge in [0.1, 0.15) is 0 Å². The number of anilines is 1. The van der Waals surface area contributed by atoms with Crippen LogP contribution < -0.4 is 5.32 Å². The van der Waals surface area contributed by atoms with E-state index in [-0.39, 0.29) is 16.7 Å². The second-order valence-electron chi connectivity index (χ2n) is 9.46. The van der Waals surface area contributed by atoms with Crippen LogP contribution in [0.3, 0.4) is 0 Å². The predicted molar refractivity (Wildman–Crippen MR) is 122 cm³/mol. The molecule has 1 amide bonds. The SMILES string of the molecule is Cc1cccc(NC(=O)C23CCC(C)(C(=NOC(=O)c4ccc(Cl)cc4)C2)C3(C)C)c1. The molecule has 2 saturated carbocycles. The number of hydrogen-bond donors (Lipinski definition) is 1. The van der Waals surface area contributed by atoms with Crippen LogP contribution in [0.5, 0.6) is 0 Å². The Hall–Kier alpha value is -2.66. The number of nitrogens with zero attached hydrogens (tertiary/aromatic N) is 1. The number of aryl methyl sites for hydroxylation is 1. The van der Waals surface area contributed by atoms with Gasteiger partial charge in [-0.05, 0) is 67.1 Å². The van der Waals surface area contributed by atoms with Gasteiger partial charge in [-0.1, -0.05) is 49.7 Å². The first-order valence-electron chi connectivity index (χ1n) is 10.5. The van der Waals surface area contributed by atoms with Crippen LogP contribution >= 0.6 is 11.6 Å². The van der Waals surface area contributed by atoms with Crippen molar-refractivity contribution in [2.75, 3.05) is 5.32 Å². The fraction of sp³-hybridized carbons (Fsp3) is 0.400. The summed E-state index contributed by atoms with van der Waals surface area (Å²) in [6.07, 6.45) is 2.07. The first-order valence-corrected chi connectivity index (χ1v) is 10.9. The molecule has 31 heavy (non-hydrogen) atoms. The van der Waals surface area contributed by atoms with Crippen molar-refractivity contribution in [3.8, 4) is 0 Å². The maximum Gasteiger partial charge on any atom is 0.365 e. The molecule has 2 atom stereocenters. The Morgan fingerprint density at radius 3 is 2.45 bits per heavy atom. The molecule has 0 radical (unpaired) electrons. The molecule has 0 spiro atoms. The van der Waals surface area contributed by atoms with Crippen LogP contribution in [0.15, 0.2) is 53.7 Å². The fourth-order valence-electron chi connectivity index (χ4n) is 5.23. The second kappa shape index (κ2) is 7.49. The number of carbonyl (C=O) groups excluding carboxylic acids is 2. The van der Waals surface area contributed by atoms with Gasteiger partial charge in [0.05, 0.1) is 16.7 Å². The van der Waals surface area contributed by atoms with Gasteiger partial charge in [0.25, 0.3) is 0 Å². The highest BCUT2D eigenvalue weighted by Crippen LogP contribution is 2.71. The largest absolute Gasteiger partial charge is 0.365 e. The number of hydrogen-bond acceptors (Lipinski definition) is 4. The van der Waals surface area contributed by atoms with Crippen LogP contribution in [-0.4, -0.2) is 17.6 Å². The van der Waals surface area contributed by atoms with E-state index in [9.17, 15) is 9.59 Å². The number of benzene rings is 2. The maximum atomic E-state index is 13.5. The highest BCUT2D eigenvalue weighted by atomic mass is 35.5. The molecule has 0 saturated heterocycles. The van der Waals surface area contributed by atoms with Crippen LogP contribution in [0.2, 0.25) is 5.02 Å². The first kappa shape index (κ1) is 21.6. The van der Waals surface area contributed by atoms with Crippen molar-refractivity contribution in [3.63, 3.8) is 0 Å². The lowest BCUT2D eigenvalue weighted by Gasteiger charge is -2.39. The molecule has 0 heterocycles. The highest BCUT2D eigenvalue weighted by molar-refractivity contribution is 6.30. The zero-order valence-electron chi connectivity index (χ0n) is 18.3. The van der Waals surface area contributed by atoms with Crippen LogP contribution in [-0.2, 0) is 9.63 Å². The number of amides is 1. The molecule has 0 aliphatic heterocycles. The molecule has 2 bridgehead atoms. The molecule has 2 unspecified atom stereocenters. The minimum Gasteiger partial charge on any atom is -0.326 e. The molecule has 2 aliphatic carbocycles. The number of oxime groups is 1. The number of carbonyl (C=O) groups is 2. The first-order chi connectivity index (χ1) is 14.6. The van der Waals surface area contributed by atoms with E-state index in [0.29, 0.717) is 17.0 Å². The molecule has 4 rings (SSSR count). The molecule has 5 nitrogen and oxygen atoms in total. The summed E-state index contributed by atoms with van der Waals surface area (Å²) < 4.78 is 0. The van der Waals surface area contributed by atoms with Gasteiger partial charge >= 0.3 is 5.97 Å². The normalized spacial score (nSPS) is 27.3. The summed E-state index contributed by atoms with van der Waals surface area (Å²) in [6, 6.07) is 14.3. The van der Waals surface area contributed by atoms with E-state index in [1.807, 2.05) is 31.2 Å². The van der Waals surface area contributed by atoms with Gasteiger partial charge in [-0.15, -0.1) is 0 Å². The Morgan fingerprint density at radius 2 is 1.77 bits per heavy atom. The van der Waals surface area contributed by atoms with Crippen molar-refractivity contribution in [2.45, 2.75) is 47.0 Å². The molecule has 2 aliphatic rings. The Bertz CT molecular complexity index is 1080. The van der Waals surface area contributed by atoms with E-state index in [1.54, 1.807) is 24.3 Å². The average Bonchev–Trinajstić information content (AvgIpc) is 3.03. The summed E-state index contributed by atoms with van der Waals surface area (Å²) in [5.74, 6) is -0.535. The lowest BCUT2D eigenvalue weighted by Crippen LogP contribution is -2.43. The predicted octanol–water partition coefficient (Wildman–Crippen LogP) is 6.02. The molecule has 162 valence electrons. The lowest BCUT2D eigenvalue weighted by molar-refractivity contribution is -0.130. The molecule has 6 heteroatoms. The van der Waals surface area contributed by atoms with Gasteiger partial charge in [0.2, 0.25) is 5.91 Å². The Kier molecular flexibility index (Phi) is 5.21. The minimum atomic E-state index is -0.600. The van der Waals surface area contributed by atoms with Crippen molar-refractivity contribution >= 4 is 34.9 Å². The standard InChI is InChI=1S/C25H27ClN2O3/c1-16-6-5-7-19(14-16)27-22(30)25-13-12-24(4,23(25,2)3)20(15-25)28-31-21(29)17-8-10-18(26)11-9-17/h5-11,14H,12-13,15H2,1-4H3,(H,27,30). The molecular weight excluding hydrogens is 412 g/mol. The summed E-state index contributed by atoms with van der Waals surface area (Å²) in [5, 5.41) is 7.94. The van der Waals surface area contributed by atoms with Crippen LogP contribution in [0, 0.1) is 23.2 Å². The molecular formula is C25H27ClN2O3. The fourth-order valence-corrected chi connectivity index (χ4v) is 5.36. The third-order valence-corrected chi connectivity index (χ3v) is 8.01. The summed E-state index contributed by atoms with van der Waals surface area (Å²) >= 11 is 5.88. The van der Waals surface area contributed by atoms with E-state index in [2.05, 4.69) is 31.2 Å². The van der Waals surface area contributed by atoms with Gasteiger partial charge in [-0.2, -0.15) is 0 Å². The topological polar surface area (TPSA) is 67.8 Å².